The summed E-state index contributed by atoms with van der Waals surface area (Å²) in [6.07, 6.45) is 4.77. The molecule has 1 amide bonds. The van der Waals surface area contributed by atoms with Crippen LogP contribution < -0.4 is 0 Å². The molecule has 13 nitrogen and oxygen atoms in total. The van der Waals surface area contributed by atoms with E-state index in [1.807, 2.05) is 93.6 Å². The fourth-order valence-corrected chi connectivity index (χ4v) is 7.64. The van der Waals surface area contributed by atoms with Gasteiger partial charge in [0, 0.05) is 47.4 Å². The molecule has 4 aromatic carbocycles. The summed E-state index contributed by atoms with van der Waals surface area (Å²) in [5, 5.41) is 53.9. The highest BCUT2D eigenvalue weighted by atomic mass is 19.1. The number of rotatable bonds is 18. The Bertz CT molecular complexity index is 2510. The number of amides is 1. The highest BCUT2D eigenvalue weighted by molar-refractivity contribution is 5.99. The highest BCUT2D eigenvalue weighted by Gasteiger charge is 2.32. The van der Waals surface area contributed by atoms with Gasteiger partial charge in [-0.05, 0) is 70.8 Å². The SMILES string of the molecule is CCCCC(=O)N(Cc1ccc(-c2ccccc2-c2nn[nH]n2)cc1)[C@H](C(=O)O)C(C)C.O=C(O)C[C@H](O)C[C@H](O)/C=C/c1c(C2CC2)nc2ccccc2c1-c1ccc(F)cc1. The third-order valence-electron chi connectivity index (χ3n) is 10.9. The molecule has 0 aliphatic heterocycles. The van der Waals surface area contributed by atoms with Crippen LogP contribution in [0.25, 0.3) is 50.6 Å². The van der Waals surface area contributed by atoms with Crippen molar-refractivity contribution >= 4 is 34.8 Å². The second kappa shape index (κ2) is 21.4. The topological polar surface area (TPSA) is 203 Å². The molecule has 0 bridgehead atoms. The molecule has 2 heterocycles. The number of benzene rings is 4. The number of hydrogen-bond acceptors (Lipinski definition) is 9. The van der Waals surface area contributed by atoms with Crippen LogP contribution in [-0.4, -0.2) is 87.0 Å². The van der Waals surface area contributed by atoms with Gasteiger partial charge in [0.15, 0.2) is 0 Å². The van der Waals surface area contributed by atoms with E-state index in [0.717, 1.165) is 81.2 Å². The molecule has 5 N–H and O–H groups in total. The van der Waals surface area contributed by atoms with E-state index in [0.29, 0.717) is 18.2 Å². The number of aliphatic carboxylic acids is 2. The Morgan fingerprint density at radius 1 is 0.889 bits per heavy atom. The summed E-state index contributed by atoms with van der Waals surface area (Å²) in [6, 6.07) is 28.8. The lowest BCUT2D eigenvalue weighted by atomic mass is 9.92. The highest BCUT2D eigenvalue weighted by Crippen LogP contribution is 2.45. The first-order chi connectivity index (χ1) is 30.3. The number of aromatic amines is 1. The lowest BCUT2D eigenvalue weighted by Crippen LogP contribution is -2.47. The number of pyridine rings is 1. The zero-order valence-electron chi connectivity index (χ0n) is 35.6. The van der Waals surface area contributed by atoms with Gasteiger partial charge in [-0.2, -0.15) is 5.21 Å². The normalized spacial score (nSPS) is 14.0. The number of unbranched alkanes of at least 4 members (excludes halogenated alkanes) is 1. The standard InChI is InChI=1S/C25H24FNO4.C24H29N5O3/c26-17-9-7-15(8-10-17)24-20-3-1-2-4-22(20)27-25(16-5-6-16)21(24)12-11-18(28)13-19(29)14-23(30)31;1-4-5-10-21(30)29(22(16(2)3)24(31)32)15-17-11-13-18(14-12-17)19-8-6-7-9-20(19)23-25-27-28-26-23/h1-4,7-12,16,18-19,28-29H,5-6,13-14H2,(H,30,31);6-9,11-14,16,22H,4-5,10,15H2,1-3H3,(H,31,32)(H,25,26,27,28)/b12-11+;/t18-,19-;22-/m10/s1. The minimum absolute atomic E-state index is 0.0749. The van der Waals surface area contributed by atoms with Gasteiger partial charge < -0.3 is 25.3 Å². The van der Waals surface area contributed by atoms with Crippen LogP contribution in [-0.2, 0) is 20.9 Å². The molecule has 328 valence electrons. The molecular formula is C49H53FN6O7. The molecule has 3 atom stereocenters. The Balaban J connectivity index is 0.000000210. The number of nitrogens with zero attached hydrogens (tertiary/aromatic N) is 5. The van der Waals surface area contributed by atoms with Crippen molar-refractivity contribution in [2.45, 2.75) is 96.4 Å². The first-order valence-electron chi connectivity index (χ1n) is 21.2. The molecule has 7 rings (SSSR count). The fourth-order valence-electron chi connectivity index (χ4n) is 7.64. The van der Waals surface area contributed by atoms with Crippen molar-refractivity contribution in [3.05, 3.63) is 126 Å². The number of halogens is 1. The van der Waals surface area contributed by atoms with Gasteiger partial charge in [0.1, 0.15) is 11.9 Å². The molecule has 1 aliphatic carbocycles. The predicted molar refractivity (Wildman–Crippen MR) is 238 cm³/mol. The van der Waals surface area contributed by atoms with Crippen molar-refractivity contribution in [1.29, 1.82) is 0 Å². The molecule has 0 radical (unpaired) electrons. The molecule has 0 spiro atoms. The second-order valence-corrected chi connectivity index (χ2v) is 16.1. The van der Waals surface area contributed by atoms with Gasteiger partial charge in [0.05, 0.1) is 29.8 Å². The number of hydrogen-bond donors (Lipinski definition) is 5. The Hall–Kier alpha value is -6.64. The number of para-hydroxylation sites is 1. The average Bonchev–Trinajstić information content (AvgIpc) is 3.96. The van der Waals surface area contributed by atoms with Gasteiger partial charge in [0.25, 0.3) is 0 Å². The number of nitrogens with one attached hydrogen (secondary N) is 1. The largest absolute Gasteiger partial charge is 0.481 e. The maximum absolute atomic E-state index is 13.6. The summed E-state index contributed by atoms with van der Waals surface area (Å²) < 4.78 is 13.6. The molecule has 1 fully saturated rings. The molecule has 1 aliphatic rings. The van der Waals surface area contributed by atoms with Gasteiger partial charge >= 0.3 is 11.9 Å². The number of carboxylic acids is 2. The Labute approximate surface area is 365 Å². The van der Waals surface area contributed by atoms with Crippen LogP contribution in [0.4, 0.5) is 4.39 Å². The van der Waals surface area contributed by atoms with Crippen LogP contribution in [0, 0.1) is 11.7 Å². The van der Waals surface area contributed by atoms with E-state index in [9.17, 15) is 34.1 Å². The fraction of sp³-hybridized carbons (Fsp3) is 0.327. The van der Waals surface area contributed by atoms with Crippen LogP contribution in [0.15, 0.2) is 103 Å². The van der Waals surface area contributed by atoms with Gasteiger partial charge in [0.2, 0.25) is 11.7 Å². The Morgan fingerprint density at radius 2 is 1.56 bits per heavy atom. The number of carbonyl (C=O) groups excluding carboxylic acids is 1. The summed E-state index contributed by atoms with van der Waals surface area (Å²) in [5.74, 6) is -1.88. The third-order valence-corrected chi connectivity index (χ3v) is 10.9. The number of H-pyrrole nitrogens is 1. The lowest BCUT2D eigenvalue weighted by molar-refractivity contribution is -0.153. The van der Waals surface area contributed by atoms with Gasteiger partial charge in [-0.1, -0.05) is 118 Å². The van der Waals surface area contributed by atoms with E-state index < -0.39 is 36.6 Å². The second-order valence-electron chi connectivity index (χ2n) is 16.1. The van der Waals surface area contributed by atoms with E-state index >= 15 is 0 Å². The zero-order valence-corrected chi connectivity index (χ0v) is 35.6. The first-order valence-corrected chi connectivity index (χ1v) is 21.2. The monoisotopic (exact) mass is 856 g/mol. The molecule has 14 heteroatoms. The Morgan fingerprint density at radius 3 is 2.17 bits per heavy atom. The van der Waals surface area contributed by atoms with Crippen LogP contribution in [0.5, 0.6) is 0 Å². The first kappa shape index (κ1) is 45.9. The maximum Gasteiger partial charge on any atom is 0.326 e. The zero-order chi connectivity index (χ0) is 45.0. The van der Waals surface area contributed by atoms with Crippen molar-refractivity contribution in [2.75, 3.05) is 0 Å². The Kier molecular flexibility index (Phi) is 15.6. The number of aliphatic hydroxyl groups excluding tert-OH is 2. The summed E-state index contributed by atoms with van der Waals surface area (Å²) in [5.41, 5.74) is 8.09. The molecule has 63 heavy (non-hydrogen) atoms. The summed E-state index contributed by atoms with van der Waals surface area (Å²) in [7, 11) is 0. The maximum atomic E-state index is 13.6. The van der Waals surface area contributed by atoms with E-state index in [2.05, 4.69) is 20.6 Å². The number of carboxylic acid groups (broad SMARTS) is 2. The van der Waals surface area contributed by atoms with Crippen molar-refractivity contribution in [1.82, 2.24) is 30.5 Å². The van der Waals surface area contributed by atoms with Crippen molar-refractivity contribution < 1.29 is 39.2 Å². The van der Waals surface area contributed by atoms with E-state index in [-0.39, 0.29) is 30.6 Å². The number of aromatic nitrogens is 5. The summed E-state index contributed by atoms with van der Waals surface area (Å²) in [6.45, 7) is 5.93. The smallest absolute Gasteiger partial charge is 0.326 e. The van der Waals surface area contributed by atoms with E-state index in [1.165, 1.54) is 17.0 Å². The van der Waals surface area contributed by atoms with Crippen molar-refractivity contribution in [3.8, 4) is 33.6 Å². The molecular weight excluding hydrogens is 804 g/mol. The van der Waals surface area contributed by atoms with Gasteiger partial charge in [-0.3, -0.25) is 14.6 Å². The van der Waals surface area contributed by atoms with E-state index in [4.69, 9.17) is 10.1 Å². The lowest BCUT2D eigenvalue weighted by Gasteiger charge is -2.32. The number of fused-ring (bicyclic) bond motifs is 1. The van der Waals surface area contributed by atoms with Crippen LogP contribution in [0.1, 0.15) is 88.5 Å². The van der Waals surface area contributed by atoms with Gasteiger partial charge in [-0.15, -0.1) is 10.2 Å². The third kappa shape index (κ3) is 12.1. The molecule has 0 unspecified atom stereocenters. The quantitative estimate of drug-likeness (QED) is 0.0553. The summed E-state index contributed by atoms with van der Waals surface area (Å²) in [4.78, 5) is 41.9. The van der Waals surface area contributed by atoms with Crippen molar-refractivity contribution in [2.24, 2.45) is 5.92 Å². The van der Waals surface area contributed by atoms with Crippen LogP contribution in [0.2, 0.25) is 0 Å². The molecule has 6 aromatic rings. The number of tetrazole rings is 1. The minimum atomic E-state index is -1.13. The predicted octanol–water partition coefficient (Wildman–Crippen LogP) is 8.68. The average molecular weight is 857 g/mol. The molecule has 0 saturated heterocycles. The number of carbonyl (C=O) groups is 3. The molecule has 1 saturated carbocycles. The number of aliphatic hydroxyl groups is 2. The van der Waals surface area contributed by atoms with E-state index in [1.54, 1.807) is 24.3 Å². The minimum Gasteiger partial charge on any atom is -0.481 e. The van der Waals surface area contributed by atoms with Crippen molar-refractivity contribution in [3.63, 3.8) is 0 Å². The summed E-state index contributed by atoms with van der Waals surface area (Å²) >= 11 is 0. The van der Waals surface area contributed by atoms with Crippen LogP contribution >= 0.6 is 0 Å². The van der Waals surface area contributed by atoms with Crippen LogP contribution in [0.3, 0.4) is 0 Å². The molecule has 2 aromatic heterocycles. The van der Waals surface area contributed by atoms with Gasteiger partial charge in [-0.25, -0.2) is 9.18 Å².